The fourth-order valence-electron chi connectivity index (χ4n) is 3.83. The smallest absolute Gasteiger partial charge is 0.407 e. The van der Waals surface area contributed by atoms with Gasteiger partial charge in [-0.05, 0) is 30.5 Å². The summed E-state index contributed by atoms with van der Waals surface area (Å²) in [5.74, 6) is -0.775. The van der Waals surface area contributed by atoms with Gasteiger partial charge in [-0.3, -0.25) is 14.5 Å². The van der Waals surface area contributed by atoms with Crippen LogP contribution < -0.4 is 0 Å². The minimum absolute atomic E-state index is 0.0145. The Morgan fingerprint density at radius 3 is 2.24 bits per heavy atom. The summed E-state index contributed by atoms with van der Waals surface area (Å²) in [5.41, 5.74) is 0.210. The Balaban J connectivity index is 2.04. The summed E-state index contributed by atoms with van der Waals surface area (Å²) in [5, 5.41) is 9.64. The van der Waals surface area contributed by atoms with Gasteiger partial charge in [-0.2, -0.15) is 0 Å². The van der Waals surface area contributed by atoms with E-state index in [1.165, 1.54) is 9.80 Å². The second-order valence-electron chi connectivity index (χ2n) is 7.27. The number of benzene rings is 2. The van der Waals surface area contributed by atoms with Gasteiger partial charge < -0.3 is 10.0 Å². The van der Waals surface area contributed by atoms with Crippen molar-refractivity contribution in [2.45, 2.75) is 12.8 Å². The van der Waals surface area contributed by atoms with E-state index in [2.05, 4.69) is 6.58 Å². The highest BCUT2D eigenvalue weighted by molar-refractivity contribution is 6.06. The van der Waals surface area contributed by atoms with Crippen LogP contribution in [-0.2, 0) is 11.2 Å². The summed E-state index contributed by atoms with van der Waals surface area (Å²) in [4.78, 5) is 41.0. The van der Waals surface area contributed by atoms with E-state index in [1.54, 1.807) is 36.4 Å². The molecule has 0 radical (unpaired) electrons. The SMILES string of the molecule is C=CC[C@]1(Cc2ccccc2)CN(C(=O)O)CCN(C(=O)c2ccccc2)C1=O. The van der Waals surface area contributed by atoms with Gasteiger partial charge in [0.05, 0.1) is 5.41 Å². The third kappa shape index (κ3) is 4.37. The molecule has 2 aromatic rings. The lowest BCUT2D eigenvalue weighted by Crippen LogP contribution is -2.49. The molecule has 6 heteroatoms. The van der Waals surface area contributed by atoms with Crippen LogP contribution in [0.5, 0.6) is 0 Å². The van der Waals surface area contributed by atoms with Gasteiger partial charge in [0.1, 0.15) is 0 Å². The quantitative estimate of drug-likeness (QED) is 0.624. The number of allylic oxidation sites excluding steroid dienone is 1. The van der Waals surface area contributed by atoms with E-state index in [9.17, 15) is 19.5 Å². The molecular weight excluding hydrogens is 368 g/mol. The third-order valence-corrected chi connectivity index (χ3v) is 5.24. The molecule has 0 aliphatic carbocycles. The van der Waals surface area contributed by atoms with Gasteiger partial charge in [0.2, 0.25) is 5.91 Å². The lowest BCUT2D eigenvalue weighted by molar-refractivity contribution is -0.138. The van der Waals surface area contributed by atoms with Crippen LogP contribution in [0.25, 0.3) is 0 Å². The molecule has 29 heavy (non-hydrogen) atoms. The largest absolute Gasteiger partial charge is 0.465 e. The van der Waals surface area contributed by atoms with E-state index in [0.29, 0.717) is 12.0 Å². The molecule has 3 rings (SSSR count). The molecule has 1 saturated heterocycles. The Bertz CT molecular complexity index is 898. The monoisotopic (exact) mass is 392 g/mol. The highest BCUT2D eigenvalue weighted by atomic mass is 16.4. The molecule has 0 unspecified atom stereocenters. The molecule has 150 valence electrons. The average Bonchev–Trinajstić information content (AvgIpc) is 2.87. The second-order valence-corrected chi connectivity index (χ2v) is 7.27. The molecule has 1 N–H and O–H groups in total. The Labute approximate surface area is 170 Å². The van der Waals surface area contributed by atoms with Crippen molar-refractivity contribution >= 4 is 17.9 Å². The van der Waals surface area contributed by atoms with Gasteiger partial charge in [-0.25, -0.2) is 4.79 Å². The number of imide groups is 1. The molecule has 1 heterocycles. The maximum Gasteiger partial charge on any atom is 0.407 e. The van der Waals surface area contributed by atoms with E-state index in [-0.39, 0.29) is 32.0 Å². The number of amides is 3. The fraction of sp³-hybridized carbons (Fsp3) is 0.261. The van der Waals surface area contributed by atoms with Crippen molar-refractivity contribution in [3.05, 3.63) is 84.4 Å². The van der Waals surface area contributed by atoms with Crippen molar-refractivity contribution in [2.75, 3.05) is 19.6 Å². The number of rotatable bonds is 5. The van der Waals surface area contributed by atoms with E-state index < -0.39 is 17.4 Å². The van der Waals surface area contributed by atoms with E-state index in [1.807, 2.05) is 30.3 Å². The van der Waals surface area contributed by atoms with Crippen LogP contribution >= 0.6 is 0 Å². The first-order valence-electron chi connectivity index (χ1n) is 9.51. The van der Waals surface area contributed by atoms with E-state index in [4.69, 9.17) is 0 Å². The zero-order chi connectivity index (χ0) is 20.9. The molecule has 0 spiro atoms. The summed E-state index contributed by atoms with van der Waals surface area (Å²) in [6.45, 7) is 3.89. The van der Waals surface area contributed by atoms with E-state index >= 15 is 0 Å². The zero-order valence-corrected chi connectivity index (χ0v) is 16.2. The standard InChI is InChI=1S/C23H24N2O4/c1-2-13-23(16-18-9-5-3-6-10-18)17-24(22(28)29)14-15-25(21(23)27)20(26)19-11-7-4-8-12-19/h2-12H,1,13-17H2,(H,28,29)/t23-/m0/s1. The van der Waals surface area contributed by atoms with Gasteiger partial charge in [0, 0.05) is 25.2 Å². The first kappa shape index (κ1) is 20.3. The molecule has 6 nitrogen and oxygen atoms in total. The average molecular weight is 392 g/mol. The van der Waals surface area contributed by atoms with Crippen molar-refractivity contribution < 1.29 is 19.5 Å². The molecule has 0 aromatic heterocycles. The Kier molecular flexibility index (Phi) is 6.12. The maximum atomic E-state index is 13.7. The van der Waals surface area contributed by atoms with Gasteiger partial charge in [0.15, 0.2) is 0 Å². The van der Waals surface area contributed by atoms with Gasteiger partial charge in [-0.1, -0.05) is 54.6 Å². The number of carbonyl (C=O) groups is 3. The zero-order valence-electron chi connectivity index (χ0n) is 16.2. The molecule has 0 saturated carbocycles. The van der Waals surface area contributed by atoms with E-state index in [0.717, 1.165) is 5.56 Å². The van der Waals surface area contributed by atoms with Crippen LogP contribution in [0, 0.1) is 5.41 Å². The molecule has 1 fully saturated rings. The minimum Gasteiger partial charge on any atom is -0.465 e. The normalized spacial score (nSPS) is 19.5. The third-order valence-electron chi connectivity index (χ3n) is 5.24. The number of nitrogens with zero attached hydrogens (tertiary/aromatic N) is 2. The van der Waals surface area contributed by atoms with Crippen molar-refractivity contribution in [1.82, 2.24) is 9.80 Å². The summed E-state index contributed by atoms with van der Waals surface area (Å²) < 4.78 is 0. The van der Waals surface area contributed by atoms with Crippen LogP contribution in [-0.4, -0.2) is 52.4 Å². The molecule has 1 atom stereocenters. The summed E-state index contributed by atoms with van der Waals surface area (Å²) in [6, 6.07) is 18.0. The number of carbonyl (C=O) groups excluding carboxylic acids is 2. The number of hydrogen-bond donors (Lipinski definition) is 1. The van der Waals surface area contributed by atoms with Crippen LogP contribution in [0.4, 0.5) is 4.79 Å². The lowest BCUT2D eigenvalue weighted by atomic mass is 9.77. The van der Waals surface area contributed by atoms with Crippen molar-refractivity contribution in [3.63, 3.8) is 0 Å². The Hall–Kier alpha value is -3.41. The van der Waals surface area contributed by atoms with Gasteiger partial charge in [0.25, 0.3) is 5.91 Å². The minimum atomic E-state index is -1.10. The molecular formula is C23H24N2O4. The van der Waals surface area contributed by atoms with Gasteiger partial charge >= 0.3 is 6.09 Å². The predicted molar refractivity (Wildman–Crippen MR) is 109 cm³/mol. The topological polar surface area (TPSA) is 77.9 Å². The molecule has 0 bridgehead atoms. The van der Waals surface area contributed by atoms with Gasteiger partial charge in [-0.15, -0.1) is 6.58 Å². The summed E-state index contributed by atoms with van der Waals surface area (Å²) >= 11 is 0. The lowest BCUT2D eigenvalue weighted by Gasteiger charge is -2.35. The number of carboxylic acid groups (broad SMARTS) is 1. The molecule has 1 aliphatic rings. The van der Waals surface area contributed by atoms with Crippen molar-refractivity contribution in [3.8, 4) is 0 Å². The van der Waals surface area contributed by atoms with Crippen LogP contribution in [0.1, 0.15) is 22.3 Å². The fourth-order valence-corrected chi connectivity index (χ4v) is 3.83. The molecule has 3 amide bonds. The van der Waals surface area contributed by atoms with Crippen LogP contribution in [0.15, 0.2) is 73.3 Å². The van der Waals surface area contributed by atoms with Crippen molar-refractivity contribution in [2.24, 2.45) is 5.41 Å². The highest BCUT2D eigenvalue weighted by Crippen LogP contribution is 2.34. The van der Waals surface area contributed by atoms with Crippen LogP contribution in [0.2, 0.25) is 0 Å². The summed E-state index contributed by atoms with van der Waals surface area (Å²) in [7, 11) is 0. The summed E-state index contributed by atoms with van der Waals surface area (Å²) in [6.07, 6.45) is 1.11. The molecule has 1 aliphatic heterocycles. The second kappa shape index (κ2) is 8.73. The number of hydrogen-bond acceptors (Lipinski definition) is 3. The van der Waals surface area contributed by atoms with Crippen molar-refractivity contribution in [1.29, 1.82) is 0 Å². The Morgan fingerprint density at radius 1 is 1.03 bits per heavy atom. The van der Waals surface area contributed by atoms with Crippen LogP contribution in [0.3, 0.4) is 0 Å². The highest BCUT2D eigenvalue weighted by Gasteiger charge is 2.46. The maximum absolute atomic E-state index is 13.7. The Morgan fingerprint density at radius 2 is 1.66 bits per heavy atom. The first-order valence-corrected chi connectivity index (χ1v) is 9.51. The predicted octanol–water partition coefficient (Wildman–Crippen LogP) is 3.45. The molecule has 2 aromatic carbocycles. The first-order chi connectivity index (χ1) is 14.0.